The van der Waals surface area contributed by atoms with E-state index >= 15 is 0 Å². The van der Waals surface area contributed by atoms with Gasteiger partial charge in [-0.25, -0.2) is 4.39 Å². The molecule has 2 fully saturated rings. The number of fused-ring (bicyclic) bond motifs is 1. The number of halogens is 1. The summed E-state index contributed by atoms with van der Waals surface area (Å²) < 4.78 is 18.1. The van der Waals surface area contributed by atoms with Crippen molar-refractivity contribution < 1.29 is 14.2 Å². The van der Waals surface area contributed by atoms with Gasteiger partial charge in [0.15, 0.2) is 0 Å². The molecule has 1 saturated carbocycles. The molecule has 1 saturated heterocycles. The maximum Gasteiger partial charge on any atom is 0.134 e. The maximum absolute atomic E-state index is 13.0. The van der Waals surface area contributed by atoms with Gasteiger partial charge in [0.05, 0.1) is 12.2 Å². The molecule has 1 aliphatic heterocycles. The minimum atomic E-state index is -0.971. The van der Waals surface area contributed by atoms with E-state index < -0.39 is 17.9 Å². The summed E-state index contributed by atoms with van der Waals surface area (Å²) in [4.78, 5) is 0. The van der Waals surface area contributed by atoms with Gasteiger partial charge >= 0.3 is 0 Å². The van der Waals surface area contributed by atoms with Crippen LogP contribution in [0.15, 0.2) is 0 Å². The largest absolute Gasteiger partial charge is 0.393 e. The number of hydrogen-bond acceptors (Lipinski definition) is 2. The zero-order valence-electron chi connectivity index (χ0n) is 5.88. The fourth-order valence-electron chi connectivity index (χ4n) is 1.65. The minimum absolute atomic E-state index is 0.0220. The summed E-state index contributed by atoms with van der Waals surface area (Å²) >= 11 is 0. The zero-order chi connectivity index (χ0) is 7.35. The third-order valence-corrected chi connectivity index (χ3v) is 2.57. The molecule has 2 nitrogen and oxygen atoms in total. The number of aliphatic hydroxyl groups excluding tert-OH is 1. The number of aliphatic hydroxyl groups is 1. The molecular formula is C7H11FO2. The van der Waals surface area contributed by atoms with E-state index in [0.29, 0.717) is 6.42 Å². The first-order valence-electron chi connectivity index (χ1n) is 3.63. The van der Waals surface area contributed by atoms with E-state index in [1.54, 1.807) is 6.92 Å². The molecule has 0 unspecified atom stereocenters. The number of rotatable bonds is 0. The smallest absolute Gasteiger partial charge is 0.134 e. The van der Waals surface area contributed by atoms with Crippen LogP contribution in [0, 0.1) is 0 Å². The first-order valence-corrected chi connectivity index (χ1v) is 3.63. The van der Waals surface area contributed by atoms with Gasteiger partial charge in [0, 0.05) is 12.8 Å². The van der Waals surface area contributed by atoms with Gasteiger partial charge in [-0.15, -0.1) is 0 Å². The van der Waals surface area contributed by atoms with Crippen LogP contribution in [-0.2, 0) is 4.74 Å². The van der Waals surface area contributed by atoms with Crippen molar-refractivity contribution in [3.8, 4) is 0 Å². The van der Waals surface area contributed by atoms with Crippen LogP contribution in [0.25, 0.3) is 0 Å². The molecule has 0 amide bonds. The number of hydrogen-bond donors (Lipinski definition) is 1. The van der Waals surface area contributed by atoms with E-state index in [1.165, 1.54) is 0 Å². The van der Waals surface area contributed by atoms with E-state index in [-0.39, 0.29) is 12.5 Å². The molecule has 0 aromatic heterocycles. The quantitative estimate of drug-likeness (QED) is 0.508. The van der Waals surface area contributed by atoms with Gasteiger partial charge in [-0.1, -0.05) is 0 Å². The molecule has 2 rings (SSSR count). The Morgan fingerprint density at radius 2 is 2.30 bits per heavy atom. The molecule has 10 heavy (non-hydrogen) atoms. The molecule has 0 aromatic rings. The van der Waals surface area contributed by atoms with E-state index in [4.69, 9.17) is 9.84 Å². The van der Waals surface area contributed by atoms with Crippen LogP contribution in [0.4, 0.5) is 4.39 Å². The summed E-state index contributed by atoms with van der Waals surface area (Å²) in [6.07, 6.45) is -0.632. The monoisotopic (exact) mass is 146 g/mol. The molecule has 2 aliphatic rings. The van der Waals surface area contributed by atoms with Crippen molar-refractivity contribution in [3.05, 3.63) is 0 Å². The first-order chi connectivity index (χ1) is 4.63. The molecule has 3 heteroatoms. The molecule has 1 aliphatic carbocycles. The van der Waals surface area contributed by atoms with Crippen molar-refractivity contribution in [2.75, 3.05) is 0 Å². The summed E-state index contributed by atoms with van der Waals surface area (Å²) in [5.74, 6) is 0. The number of epoxide rings is 1. The fraction of sp³-hybridized carbons (Fsp3) is 1.00. The lowest BCUT2D eigenvalue weighted by molar-refractivity contribution is 0.0766. The van der Waals surface area contributed by atoms with E-state index in [1.807, 2.05) is 0 Å². The van der Waals surface area contributed by atoms with Gasteiger partial charge in [0.1, 0.15) is 11.8 Å². The standard InChI is InChI=1S/C7H11FO2/c1-7-5(8)2-4(9)3-6(7)10-7/h4-6,9H,2-3H2,1H3/t4-,5-,6-,7+/m0/s1. The van der Waals surface area contributed by atoms with E-state index in [9.17, 15) is 4.39 Å². The molecule has 0 aromatic carbocycles. The summed E-state index contributed by atoms with van der Waals surface area (Å²) in [6, 6.07) is 0. The second kappa shape index (κ2) is 1.71. The first kappa shape index (κ1) is 6.55. The van der Waals surface area contributed by atoms with Gasteiger partial charge in [0.2, 0.25) is 0 Å². The van der Waals surface area contributed by atoms with Gasteiger partial charge in [-0.3, -0.25) is 0 Å². The zero-order valence-corrected chi connectivity index (χ0v) is 5.88. The molecule has 0 bridgehead atoms. The highest BCUT2D eigenvalue weighted by Crippen LogP contribution is 2.48. The van der Waals surface area contributed by atoms with Crippen molar-refractivity contribution in [3.63, 3.8) is 0 Å². The van der Waals surface area contributed by atoms with E-state index in [2.05, 4.69) is 0 Å². The second-order valence-corrected chi connectivity index (χ2v) is 3.38. The highest BCUT2D eigenvalue weighted by atomic mass is 19.1. The third-order valence-electron chi connectivity index (χ3n) is 2.57. The maximum atomic E-state index is 13.0. The van der Waals surface area contributed by atoms with Gasteiger partial charge in [0.25, 0.3) is 0 Å². The van der Waals surface area contributed by atoms with Crippen LogP contribution < -0.4 is 0 Å². The Labute approximate surface area is 59.0 Å². The summed E-state index contributed by atoms with van der Waals surface area (Å²) in [5, 5.41) is 9.07. The normalized spacial score (nSPS) is 59.7. The lowest BCUT2D eigenvalue weighted by Gasteiger charge is -2.21. The highest BCUT2D eigenvalue weighted by molar-refractivity contribution is 5.09. The van der Waals surface area contributed by atoms with Gasteiger partial charge in [-0.2, -0.15) is 0 Å². The van der Waals surface area contributed by atoms with Gasteiger partial charge < -0.3 is 9.84 Å². The lowest BCUT2D eigenvalue weighted by atomic mass is 9.87. The van der Waals surface area contributed by atoms with Crippen molar-refractivity contribution in [1.29, 1.82) is 0 Å². The topological polar surface area (TPSA) is 32.8 Å². The fourth-order valence-corrected chi connectivity index (χ4v) is 1.65. The highest BCUT2D eigenvalue weighted by Gasteiger charge is 2.61. The summed E-state index contributed by atoms with van der Waals surface area (Å²) in [6.45, 7) is 1.77. The Morgan fingerprint density at radius 1 is 1.60 bits per heavy atom. The van der Waals surface area contributed by atoms with Crippen molar-refractivity contribution in [1.82, 2.24) is 0 Å². The molecule has 0 radical (unpaired) electrons. The van der Waals surface area contributed by atoms with Crippen LogP contribution in [0.1, 0.15) is 19.8 Å². The lowest BCUT2D eigenvalue weighted by Crippen LogP contribution is -2.35. The van der Waals surface area contributed by atoms with Crippen LogP contribution in [-0.4, -0.2) is 29.1 Å². The molecule has 4 atom stereocenters. The Balaban J connectivity index is 2.09. The van der Waals surface area contributed by atoms with Crippen LogP contribution >= 0.6 is 0 Å². The SMILES string of the molecule is C[C@]12O[C@H]1C[C@@H](O)C[C@@H]2F. The summed E-state index contributed by atoms with van der Waals surface area (Å²) in [7, 11) is 0. The van der Waals surface area contributed by atoms with Crippen LogP contribution in [0.5, 0.6) is 0 Å². The van der Waals surface area contributed by atoms with E-state index in [0.717, 1.165) is 0 Å². The summed E-state index contributed by atoms with van der Waals surface area (Å²) in [5.41, 5.74) is -0.542. The Kier molecular flexibility index (Phi) is 1.12. The van der Waals surface area contributed by atoms with Crippen LogP contribution in [0.2, 0.25) is 0 Å². The van der Waals surface area contributed by atoms with Crippen molar-refractivity contribution in [2.45, 2.75) is 43.7 Å². The molecule has 1 N–H and O–H groups in total. The molecule has 58 valence electrons. The minimum Gasteiger partial charge on any atom is -0.393 e. The predicted octanol–water partition coefficient (Wildman–Crippen LogP) is 0.637. The third kappa shape index (κ3) is 0.705. The molecule has 1 heterocycles. The number of alkyl halides is 1. The van der Waals surface area contributed by atoms with Gasteiger partial charge in [-0.05, 0) is 6.92 Å². The Bertz CT molecular complexity index is 162. The Morgan fingerprint density at radius 3 is 2.90 bits per heavy atom. The van der Waals surface area contributed by atoms with Crippen molar-refractivity contribution >= 4 is 0 Å². The second-order valence-electron chi connectivity index (χ2n) is 3.38. The number of ether oxygens (including phenoxy) is 1. The predicted molar refractivity (Wildman–Crippen MR) is 33.4 cm³/mol. The van der Waals surface area contributed by atoms with Crippen molar-refractivity contribution in [2.24, 2.45) is 0 Å². The average molecular weight is 146 g/mol. The average Bonchev–Trinajstić information content (AvgIpc) is 2.42. The van der Waals surface area contributed by atoms with Crippen LogP contribution in [0.3, 0.4) is 0 Å². The molecule has 0 spiro atoms. The molecular weight excluding hydrogens is 135 g/mol. The Hall–Kier alpha value is -0.150.